The van der Waals surface area contributed by atoms with Crippen LogP contribution in [0.25, 0.3) is 0 Å². The lowest BCUT2D eigenvalue weighted by Crippen LogP contribution is -2.41. The Kier molecular flexibility index (Phi) is 3.10. The van der Waals surface area contributed by atoms with Crippen molar-refractivity contribution in [3.63, 3.8) is 0 Å². The van der Waals surface area contributed by atoms with Crippen molar-refractivity contribution in [3.05, 3.63) is 52.6 Å². The van der Waals surface area contributed by atoms with Crippen LogP contribution >= 0.6 is 11.6 Å². The Morgan fingerprint density at radius 3 is 2.43 bits per heavy atom. The SMILES string of the molecule is CC(C)n1cnc2c1C(C)(c1ccc(Cl)cc1)N(C)C2=O. The second-order valence-corrected chi connectivity index (χ2v) is 6.32. The number of amides is 1. The molecule has 3 rings (SSSR count). The molecule has 1 aromatic carbocycles. The second kappa shape index (κ2) is 4.60. The maximum absolute atomic E-state index is 12.5. The molecule has 1 amide bonds. The summed E-state index contributed by atoms with van der Waals surface area (Å²) < 4.78 is 2.07. The van der Waals surface area contributed by atoms with Crippen LogP contribution in [0.1, 0.15) is 48.6 Å². The number of aromatic nitrogens is 2. The first-order chi connectivity index (χ1) is 9.87. The van der Waals surface area contributed by atoms with E-state index in [1.165, 1.54) is 0 Å². The van der Waals surface area contributed by atoms with E-state index in [9.17, 15) is 4.79 Å². The zero-order valence-electron chi connectivity index (χ0n) is 12.6. The van der Waals surface area contributed by atoms with Crippen LogP contribution in [-0.2, 0) is 5.54 Å². The summed E-state index contributed by atoms with van der Waals surface area (Å²) in [5, 5.41) is 0.687. The fourth-order valence-electron chi connectivity index (χ4n) is 3.02. The van der Waals surface area contributed by atoms with Crippen molar-refractivity contribution in [3.8, 4) is 0 Å². The van der Waals surface area contributed by atoms with Crippen molar-refractivity contribution in [2.24, 2.45) is 0 Å². The number of benzene rings is 1. The number of rotatable bonds is 2. The van der Waals surface area contributed by atoms with Crippen LogP contribution in [0, 0.1) is 0 Å². The molecule has 110 valence electrons. The number of carbonyl (C=O) groups is 1. The quantitative estimate of drug-likeness (QED) is 0.852. The summed E-state index contributed by atoms with van der Waals surface area (Å²) in [5.41, 5.74) is 2.00. The Balaban J connectivity index is 2.26. The van der Waals surface area contributed by atoms with E-state index in [-0.39, 0.29) is 11.9 Å². The molecule has 4 nitrogen and oxygen atoms in total. The molecule has 1 aliphatic rings. The minimum Gasteiger partial charge on any atom is -0.329 e. The smallest absolute Gasteiger partial charge is 0.275 e. The summed E-state index contributed by atoms with van der Waals surface area (Å²) in [6.45, 7) is 6.24. The van der Waals surface area contributed by atoms with Gasteiger partial charge >= 0.3 is 0 Å². The molecule has 1 aliphatic heterocycles. The van der Waals surface area contributed by atoms with Crippen LogP contribution < -0.4 is 0 Å². The van der Waals surface area contributed by atoms with Crippen LogP contribution in [0.2, 0.25) is 5.02 Å². The molecular weight excluding hydrogens is 286 g/mol. The summed E-state index contributed by atoms with van der Waals surface area (Å²) in [6, 6.07) is 7.90. The Bertz CT molecular complexity index is 705. The van der Waals surface area contributed by atoms with Crippen LogP contribution in [-0.4, -0.2) is 27.4 Å². The van der Waals surface area contributed by atoms with Gasteiger partial charge in [0.1, 0.15) is 5.54 Å². The third-order valence-corrected chi connectivity index (χ3v) is 4.65. The number of nitrogens with zero attached hydrogens (tertiary/aromatic N) is 3. The van der Waals surface area contributed by atoms with Crippen LogP contribution in [0.4, 0.5) is 0 Å². The molecule has 0 fully saturated rings. The molecule has 0 N–H and O–H groups in total. The van der Waals surface area contributed by atoms with Gasteiger partial charge in [0.25, 0.3) is 5.91 Å². The number of hydrogen-bond acceptors (Lipinski definition) is 2. The first kappa shape index (κ1) is 14.1. The van der Waals surface area contributed by atoms with Gasteiger partial charge < -0.3 is 9.47 Å². The van der Waals surface area contributed by atoms with E-state index in [1.807, 2.05) is 31.3 Å². The zero-order valence-corrected chi connectivity index (χ0v) is 13.3. The first-order valence-electron chi connectivity index (χ1n) is 6.99. The molecular formula is C16H18ClN3O. The molecule has 1 atom stereocenters. The van der Waals surface area contributed by atoms with Crippen LogP contribution in [0.15, 0.2) is 30.6 Å². The average Bonchev–Trinajstić information content (AvgIpc) is 2.97. The second-order valence-electron chi connectivity index (χ2n) is 5.89. The maximum atomic E-state index is 12.5. The third-order valence-electron chi connectivity index (χ3n) is 4.40. The number of fused-ring (bicyclic) bond motifs is 1. The topological polar surface area (TPSA) is 38.1 Å². The van der Waals surface area contributed by atoms with Gasteiger partial charge in [-0.1, -0.05) is 23.7 Å². The molecule has 21 heavy (non-hydrogen) atoms. The van der Waals surface area contributed by atoms with Gasteiger partial charge in [0.15, 0.2) is 5.69 Å². The van der Waals surface area contributed by atoms with Crippen molar-refractivity contribution >= 4 is 17.5 Å². The standard InChI is InChI=1S/C16H18ClN3O/c1-10(2)20-9-18-13-14(20)16(3,19(4)15(13)21)11-5-7-12(17)8-6-11/h5-10H,1-4H3. The van der Waals surface area contributed by atoms with Crippen LogP contribution in [0.5, 0.6) is 0 Å². The van der Waals surface area contributed by atoms with Gasteiger partial charge in [-0.25, -0.2) is 4.98 Å². The Hall–Kier alpha value is -1.81. The molecule has 0 radical (unpaired) electrons. The van der Waals surface area contributed by atoms with Crippen LogP contribution in [0.3, 0.4) is 0 Å². The number of carbonyl (C=O) groups excluding carboxylic acids is 1. The molecule has 1 unspecified atom stereocenters. The summed E-state index contributed by atoms with van der Waals surface area (Å²) in [7, 11) is 1.82. The normalized spacial score (nSPS) is 21.2. The van der Waals surface area contributed by atoms with E-state index in [0.29, 0.717) is 10.7 Å². The van der Waals surface area contributed by atoms with Crippen molar-refractivity contribution in [1.82, 2.24) is 14.5 Å². The molecule has 0 saturated carbocycles. The number of imidazole rings is 1. The molecule has 2 aromatic rings. The van der Waals surface area contributed by atoms with E-state index in [2.05, 4.69) is 30.3 Å². The Morgan fingerprint density at radius 2 is 1.86 bits per heavy atom. The molecule has 0 bridgehead atoms. The lowest BCUT2D eigenvalue weighted by atomic mass is 9.88. The van der Waals surface area contributed by atoms with Crippen molar-refractivity contribution < 1.29 is 4.79 Å². The summed E-state index contributed by atoms with van der Waals surface area (Å²) in [4.78, 5) is 18.6. The summed E-state index contributed by atoms with van der Waals surface area (Å²) >= 11 is 5.99. The fraction of sp³-hybridized carbons (Fsp3) is 0.375. The Labute approximate surface area is 129 Å². The van der Waals surface area contributed by atoms with Crippen molar-refractivity contribution in [2.75, 3.05) is 7.05 Å². The monoisotopic (exact) mass is 303 g/mol. The third kappa shape index (κ3) is 1.82. The molecule has 1 aromatic heterocycles. The summed E-state index contributed by atoms with van der Waals surface area (Å²) in [6.07, 6.45) is 1.76. The lowest BCUT2D eigenvalue weighted by Gasteiger charge is -2.35. The first-order valence-corrected chi connectivity index (χ1v) is 7.36. The highest BCUT2D eigenvalue weighted by Gasteiger charge is 2.49. The van der Waals surface area contributed by atoms with E-state index in [0.717, 1.165) is 11.3 Å². The maximum Gasteiger partial charge on any atom is 0.275 e. The predicted molar refractivity (Wildman–Crippen MR) is 82.6 cm³/mol. The van der Waals surface area contributed by atoms with E-state index >= 15 is 0 Å². The largest absolute Gasteiger partial charge is 0.329 e. The molecule has 2 heterocycles. The van der Waals surface area contributed by atoms with Gasteiger partial charge in [0, 0.05) is 18.1 Å². The molecule has 5 heteroatoms. The van der Waals surface area contributed by atoms with E-state index in [4.69, 9.17) is 11.6 Å². The molecule has 0 saturated heterocycles. The fourth-order valence-corrected chi connectivity index (χ4v) is 3.14. The minimum absolute atomic E-state index is 0.0400. The lowest BCUT2D eigenvalue weighted by molar-refractivity contribution is 0.0704. The molecule has 0 spiro atoms. The summed E-state index contributed by atoms with van der Waals surface area (Å²) in [5.74, 6) is -0.0400. The van der Waals surface area contributed by atoms with Crippen molar-refractivity contribution in [2.45, 2.75) is 32.4 Å². The van der Waals surface area contributed by atoms with Gasteiger partial charge in [0.05, 0.1) is 12.0 Å². The number of halogens is 1. The average molecular weight is 304 g/mol. The highest BCUT2D eigenvalue weighted by atomic mass is 35.5. The Morgan fingerprint density at radius 1 is 1.24 bits per heavy atom. The minimum atomic E-state index is -0.530. The van der Waals surface area contributed by atoms with Gasteiger partial charge in [-0.15, -0.1) is 0 Å². The van der Waals surface area contributed by atoms with Crippen molar-refractivity contribution in [1.29, 1.82) is 0 Å². The highest BCUT2D eigenvalue weighted by molar-refractivity contribution is 6.30. The molecule has 0 aliphatic carbocycles. The van der Waals surface area contributed by atoms with Gasteiger partial charge in [-0.2, -0.15) is 0 Å². The van der Waals surface area contributed by atoms with E-state index < -0.39 is 5.54 Å². The predicted octanol–water partition coefficient (Wildman–Crippen LogP) is 3.47. The van der Waals surface area contributed by atoms with Gasteiger partial charge in [-0.05, 0) is 38.5 Å². The van der Waals surface area contributed by atoms with E-state index in [1.54, 1.807) is 11.2 Å². The number of hydrogen-bond donors (Lipinski definition) is 0. The van der Waals surface area contributed by atoms with Gasteiger partial charge in [-0.3, -0.25) is 4.79 Å². The zero-order chi connectivity index (χ0) is 15.4. The highest BCUT2D eigenvalue weighted by Crippen LogP contribution is 2.43. The van der Waals surface area contributed by atoms with Gasteiger partial charge in [0.2, 0.25) is 0 Å².